The Hall–Kier alpha value is -2.73. The minimum Gasteiger partial charge on any atom is -0.325 e. The molecule has 1 aliphatic heterocycles. The molecule has 0 bridgehead atoms. The number of anilines is 2. The van der Waals surface area contributed by atoms with E-state index in [9.17, 15) is 14.0 Å². The van der Waals surface area contributed by atoms with Crippen molar-refractivity contribution in [3.63, 3.8) is 0 Å². The average Bonchev–Trinajstić information content (AvgIpc) is 2.60. The first kappa shape index (κ1) is 18.1. The lowest BCUT2D eigenvalue weighted by atomic mass is 10.0. The molecule has 0 unspecified atom stereocenters. The van der Waals surface area contributed by atoms with Gasteiger partial charge in [0.05, 0.1) is 13.1 Å². The minimum absolute atomic E-state index is 0.0294. The van der Waals surface area contributed by atoms with Crippen LogP contribution in [0.5, 0.6) is 0 Å². The highest BCUT2D eigenvalue weighted by atomic mass is 19.1. The Morgan fingerprint density at radius 3 is 2.77 bits per heavy atom. The first-order chi connectivity index (χ1) is 12.5. The number of benzene rings is 2. The summed E-state index contributed by atoms with van der Waals surface area (Å²) in [6, 6.07) is 13.7. The van der Waals surface area contributed by atoms with Crippen LogP contribution in [0.2, 0.25) is 0 Å². The zero-order valence-electron chi connectivity index (χ0n) is 14.7. The molecule has 3 rings (SSSR count). The van der Waals surface area contributed by atoms with Crippen molar-refractivity contribution in [2.24, 2.45) is 0 Å². The van der Waals surface area contributed by atoms with E-state index < -0.39 is 5.82 Å². The summed E-state index contributed by atoms with van der Waals surface area (Å²) in [5, 5.41) is 2.64. The molecule has 2 aromatic rings. The first-order valence-corrected chi connectivity index (χ1v) is 8.65. The number of nitrogens with one attached hydrogen (secondary N) is 1. The lowest BCUT2D eigenvalue weighted by Gasteiger charge is -2.30. The number of fused-ring (bicyclic) bond motifs is 1. The third-order valence-electron chi connectivity index (χ3n) is 4.34. The molecule has 0 aliphatic carbocycles. The number of aryl methyl sites for hydroxylation is 1. The number of nitrogens with zero attached hydrogens (tertiary/aromatic N) is 2. The largest absolute Gasteiger partial charge is 0.325 e. The van der Waals surface area contributed by atoms with E-state index in [0.717, 1.165) is 18.5 Å². The molecule has 2 aromatic carbocycles. The number of halogens is 1. The minimum atomic E-state index is -0.407. The molecule has 136 valence electrons. The second kappa shape index (κ2) is 8.10. The van der Waals surface area contributed by atoms with Crippen molar-refractivity contribution < 1.29 is 14.0 Å². The van der Waals surface area contributed by atoms with Gasteiger partial charge in [-0.15, -0.1) is 0 Å². The fourth-order valence-corrected chi connectivity index (χ4v) is 3.18. The Morgan fingerprint density at radius 2 is 1.96 bits per heavy atom. The Morgan fingerprint density at radius 1 is 1.15 bits per heavy atom. The van der Waals surface area contributed by atoms with Gasteiger partial charge in [0.15, 0.2) is 0 Å². The zero-order valence-corrected chi connectivity index (χ0v) is 14.7. The predicted octanol–water partition coefficient (Wildman–Crippen LogP) is 2.68. The van der Waals surface area contributed by atoms with Crippen LogP contribution >= 0.6 is 0 Å². The third-order valence-corrected chi connectivity index (χ3v) is 4.34. The molecular weight excluding hydrogens is 333 g/mol. The quantitative estimate of drug-likeness (QED) is 0.897. The first-order valence-electron chi connectivity index (χ1n) is 8.65. The van der Waals surface area contributed by atoms with Crippen LogP contribution in [0.15, 0.2) is 48.5 Å². The van der Waals surface area contributed by atoms with Crippen LogP contribution in [0.4, 0.5) is 15.8 Å². The molecule has 1 aliphatic rings. The number of likely N-dealkylation sites (N-methyl/N-ethyl adjacent to an activating group) is 1. The Balaban J connectivity index is 1.55. The number of hydrogen-bond acceptors (Lipinski definition) is 3. The van der Waals surface area contributed by atoms with Crippen molar-refractivity contribution in [3.8, 4) is 0 Å². The van der Waals surface area contributed by atoms with E-state index in [0.29, 0.717) is 12.2 Å². The molecule has 1 N–H and O–H groups in total. The molecule has 0 aromatic heterocycles. The molecule has 5 nitrogen and oxygen atoms in total. The van der Waals surface area contributed by atoms with Gasteiger partial charge in [0, 0.05) is 17.9 Å². The second-order valence-electron chi connectivity index (χ2n) is 6.51. The van der Waals surface area contributed by atoms with Crippen LogP contribution in [0.3, 0.4) is 0 Å². The maximum absolute atomic E-state index is 13.2. The Kier molecular flexibility index (Phi) is 5.63. The fraction of sp³-hybridized carbons (Fsp3) is 0.300. The molecule has 2 amide bonds. The van der Waals surface area contributed by atoms with Crippen LogP contribution in [0, 0.1) is 5.82 Å². The van der Waals surface area contributed by atoms with Crippen molar-refractivity contribution in [3.05, 3.63) is 59.9 Å². The molecule has 6 heteroatoms. The number of rotatable bonds is 5. The summed E-state index contributed by atoms with van der Waals surface area (Å²) in [5.41, 5.74) is 2.54. The van der Waals surface area contributed by atoms with Gasteiger partial charge in [0.2, 0.25) is 11.8 Å². The summed E-state index contributed by atoms with van der Waals surface area (Å²) in [6.45, 7) is 0.891. The molecular formula is C20H22FN3O2. The van der Waals surface area contributed by atoms with E-state index in [1.54, 1.807) is 22.9 Å². The summed E-state index contributed by atoms with van der Waals surface area (Å²) >= 11 is 0. The molecule has 1 heterocycles. The number of amides is 2. The number of hydrogen-bond donors (Lipinski definition) is 1. The lowest BCUT2D eigenvalue weighted by molar-refractivity contribution is -0.121. The maximum atomic E-state index is 13.2. The topological polar surface area (TPSA) is 52.7 Å². The van der Waals surface area contributed by atoms with E-state index in [2.05, 4.69) is 5.32 Å². The average molecular weight is 355 g/mol. The van der Waals surface area contributed by atoms with Gasteiger partial charge >= 0.3 is 0 Å². The number of carbonyl (C=O) groups is 2. The van der Waals surface area contributed by atoms with E-state index in [4.69, 9.17) is 0 Å². The van der Waals surface area contributed by atoms with E-state index in [1.165, 1.54) is 23.8 Å². The van der Waals surface area contributed by atoms with Gasteiger partial charge in [-0.3, -0.25) is 14.5 Å². The van der Waals surface area contributed by atoms with Gasteiger partial charge in [-0.05, 0) is 49.7 Å². The third kappa shape index (κ3) is 4.46. The summed E-state index contributed by atoms with van der Waals surface area (Å²) in [7, 11) is 1.72. The molecule has 0 saturated carbocycles. The molecule has 0 fully saturated rings. The monoisotopic (exact) mass is 355 g/mol. The van der Waals surface area contributed by atoms with Crippen LogP contribution < -0.4 is 10.2 Å². The lowest BCUT2D eigenvalue weighted by Crippen LogP contribution is -2.43. The normalized spacial score (nSPS) is 13.4. The van der Waals surface area contributed by atoms with Gasteiger partial charge < -0.3 is 10.2 Å². The number of carbonyl (C=O) groups excluding carboxylic acids is 2. The van der Waals surface area contributed by atoms with Crippen molar-refractivity contribution in [2.45, 2.75) is 12.8 Å². The summed E-state index contributed by atoms with van der Waals surface area (Å²) < 4.78 is 13.2. The molecule has 0 spiro atoms. The van der Waals surface area contributed by atoms with Gasteiger partial charge in [0.1, 0.15) is 5.82 Å². The Bertz CT molecular complexity index is 809. The summed E-state index contributed by atoms with van der Waals surface area (Å²) in [4.78, 5) is 28.2. The van der Waals surface area contributed by atoms with Crippen LogP contribution in [0.25, 0.3) is 0 Å². The van der Waals surface area contributed by atoms with Crippen LogP contribution in [0.1, 0.15) is 12.0 Å². The highest BCUT2D eigenvalue weighted by molar-refractivity contribution is 5.97. The van der Waals surface area contributed by atoms with Gasteiger partial charge in [0.25, 0.3) is 0 Å². The van der Waals surface area contributed by atoms with E-state index in [1.807, 2.05) is 24.3 Å². The summed E-state index contributed by atoms with van der Waals surface area (Å²) in [5.74, 6) is -0.724. The SMILES string of the molecule is CN(CC(=O)Nc1cccc(F)c1)CC(=O)N1CCCc2ccccc21. The molecule has 26 heavy (non-hydrogen) atoms. The van der Waals surface area contributed by atoms with Crippen molar-refractivity contribution in [1.82, 2.24) is 4.90 Å². The summed E-state index contributed by atoms with van der Waals surface area (Å²) in [6.07, 6.45) is 1.92. The molecule has 0 radical (unpaired) electrons. The smallest absolute Gasteiger partial charge is 0.241 e. The van der Waals surface area contributed by atoms with Crippen LogP contribution in [-0.2, 0) is 16.0 Å². The van der Waals surface area contributed by atoms with Crippen LogP contribution in [-0.4, -0.2) is 43.4 Å². The molecule has 0 atom stereocenters. The van der Waals surface area contributed by atoms with Crippen molar-refractivity contribution >= 4 is 23.2 Å². The highest BCUT2D eigenvalue weighted by Gasteiger charge is 2.23. The second-order valence-corrected chi connectivity index (χ2v) is 6.51. The highest BCUT2D eigenvalue weighted by Crippen LogP contribution is 2.26. The van der Waals surface area contributed by atoms with Crippen molar-refractivity contribution in [1.29, 1.82) is 0 Å². The molecule has 0 saturated heterocycles. The standard InChI is InChI=1S/C20H22FN3O2/c1-23(13-19(25)22-17-9-4-8-16(21)12-17)14-20(26)24-11-5-7-15-6-2-3-10-18(15)24/h2-4,6,8-10,12H,5,7,11,13-14H2,1H3,(H,22,25). The van der Waals surface area contributed by atoms with E-state index in [-0.39, 0.29) is 24.9 Å². The number of para-hydroxylation sites is 1. The zero-order chi connectivity index (χ0) is 18.5. The fourth-order valence-electron chi connectivity index (χ4n) is 3.18. The Labute approximate surface area is 152 Å². The van der Waals surface area contributed by atoms with Gasteiger partial charge in [-0.25, -0.2) is 4.39 Å². The predicted molar refractivity (Wildman–Crippen MR) is 99.6 cm³/mol. The van der Waals surface area contributed by atoms with Gasteiger partial charge in [-0.2, -0.15) is 0 Å². The van der Waals surface area contributed by atoms with E-state index >= 15 is 0 Å². The van der Waals surface area contributed by atoms with Gasteiger partial charge in [-0.1, -0.05) is 24.3 Å². The maximum Gasteiger partial charge on any atom is 0.241 e. The van der Waals surface area contributed by atoms with Crippen molar-refractivity contribution in [2.75, 3.05) is 36.9 Å².